The number of allylic oxidation sites excluding steroid dienone is 1. The van der Waals surface area contributed by atoms with E-state index in [1.807, 2.05) is 6.08 Å². The molecule has 0 aromatic heterocycles. The van der Waals surface area contributed by atoms with Crippen molar-refractivity contribution in [3.63, 3.8) is 0 Å². The predicted molar refractivity (Wildman–Crippen MR) is 136 cm³/mol. The Balaban J connectivity index is 1.43. The maximum atomic E-state index is 12.2. The molecule has 4 aliphatic carbocycles. The first-order valence-corrected chi connectivity index (χ1v) is 14.4. The van der Waals surface area contributed by atoms with Gasteiger partial charge < -0.3 is 14.6 Å². The van der Waals surface area contributed by atoms with E-state index in [9.17, 15) is 24.3 Å². The molecule has 0 radical (unpaired) electrons. The molecule has 0 aromatic rings. The third-order valence-electron chi connectivity index (χ3n) is 9.57. The second-order valence-corrected chi connectivity index (χ2v) is 12.8. The summed E-state index contributed by atoms with van der Waals surface area (Å²) >= 11 is 1.43. The van der Waals surface area contributed by atoms with Gasteiger partial charge in [-0.15, -0.1) is 0 Å². The molecule has 0 aliphatic heterocycles. The second kappa shape index (κ2) is 11.0. The van der Waals surface area contributed by atoms with Crippen molar-refractivity contribution < 1.29 is 33.8 Å². The van der Waals surface area contributed by atoms with Gasteiger partial charge in [0.05, 0.1) is 12.2 Å². The van der Waals surface area contributed by atoms with E-state index in [0.717, 1.165) is 32.1 Å². The van der Waals surface area contributed by atoms with Gasteiger partial charge in [-0.3, -0.25) is 14.4 Å². The van der Waals surface area contributed by atoms with Gasteiger partial charge in [-0.25, -0.2) is 4.79 Å². The molecule has 3 saturated carbocycles. The maximum absolute atomic E-state index is 12.2. The highest BCUT2D eigenvalue weighted by Crippen LogP contribution is 2.66. The van der Waals surface area contributed by atoms with Crippen molar-refractivity contribution in [2.45, 2.75) is 95.8 Å². The minimum absolute atomic E-state index is 0.118. The zero-order valence-corrected chi connectivity index (χ0v) is 22.6. The number of esters is 2. The summed E-state index contributed by atoms with van der Waals surface area (Å²) in [6.45, 7) is 5.33. The van der Waals surface area contributed by atoms with Gasteiger partial charge in [0, 0.05) is 25.0 Å². The van der Waals surface area contributed by atoms with Crippen molar-refractivity contribution in [3.8, 4) is 0 Å². The van der Waals surface area contributed by atoms with Crippen LogP contribution < -0.4 is 0 Å². The Morgan fingerprint density at radius 2 is 1.92 bits per heavy atom. The number of fused-ring (bicyclic) bond motifs is 5. The van der Waals surface area contributed by atoms with Gasteiger partial charge in [0.25, 0.3) is 0 Å². The summed E-state index contributed by atoms with van der Waals surface area (Å²) in [5.74, 6) is 0.778. The fourth-order valence-corrected chi connectivity index (χ4v) is 9.11. The molecule has 0 spiro atoms. The maximum Gasteiger partial charge on any atom is 0.344 e. The van der Waals surface area contributed by atoms with Crippen LogP contribution >= 0.6 is 11.8 Å². The Hall–Kier alpha value is -1.67. The first-order valence-electron chi connectivity index (χ1n) is 13.5. The minimum Gasteiger partial charge on any atom is -0.463 e. The van der Waals surface area contributed by atoms with Gasteiger partial charge >= 0.3 is 11.9 Å². The molecular weight excluding hydrogens is 480 g/mol. The number of ether oxygens (including phenoxy) is 2. The van der Waals surface area contributed by atoms with Gasteiger partial charge in [0.2, 0.25) is 0 Å². The molecule has 7 atom stereocenters. The fourth-order valence-electron chi connectivity index (χ4n) is 7.85. The fraction of sp³-hybridized carbons (Fsp3) is 0.786. The van der Waals surface area contributed by atoms with Crippen molar-refractivity contribution in [2.75, 3.05) is 13.2 Å². The van der Waals surface area contributed by atoms with E-state index in [0.29, 0.717) is 49.4 Å². The predicted octanol–water partition coefficient (Wildman–Crippen LogP) is 4.39. The van der Waals surface area contributed by atoms with Crippen molar-refractivity contribution in [1.82, 2.24) is 0 Å². The standard InChI is InChI=1S/C28H40O7S/c1-4-24(31)35-16-25(32)34-13-5-10-28(33)12-9-22-26-21(8-11-27(22,28)3)20-7-6-19(30)14-18(20)15-23(26)36-17(2)29/h14,20-23,26,33H,4-13,15-16H2,1-3H3/t20-,21+,22-,23+,26+,27-,28-/m0/s1. The highest BCUT2D eigenvalue weighted by Gasteiger charge is 2.63. The Labute approximate surface area is 218 Å². The molecule has 200 valence electrons. The van der Waals surface area contributed by atoms with Crippen LogP contribution in [0.1, 0.15) is 85.0 Å². The number of carbonyl (C=O) groups excluding carboxylic acids is 4. The lowest BCUT2D eigenvalue weighted by Gasteiger charge is -2.57. The number of hydrogen-bond acceptors (Lipinski definition) is 8. The van der Waals surface area contributed by atoms with Crippen LogP contribution in [0, 0.1) is 29.1 Å². The van der Waals surface area contributed by atoms with Crippen LogP contribution in [0.4, 0.5) is 0 Å². The Morgan fingerprint density at radius 1 is 1.14 bits per heavy atom. The smallest absolute Gasteiger partial charge is 0.344 e. The summed E-state index contributed by atoms with van der Waals surface area (Å²) < 4.78 is 10.0. The molecule has 4 aliphatic rings. The van der Waals surface area contributed by atoms with Gasteiger partial charge in [-0.05, 0) is 86.5 Å². The van der Waals surface area contributed by atoms with Gasteiger partial charge in [-0.1, -0.05) is 31.2 Å². The van der Waals surface area contributed by atoms with Crippen LogP contribution in [0.25, 0.3) is 0 Å². The molecule has 0 bridgehead atoms. The van der Waals surface area contributed by atoms with E-state index in [-0.39, 0.29) is 41.2 Å². The quantitative estimate of drug-likeness (QED) is 0.371. The van der Waals surface area contributed by atoms with E-state index in [4.69, 9.17) is 9.47 Å². The number of carbonyl (C=O) groups is 4. The summed E-state index contributed by atoms with van der Waals surface area (Å²) in [7, 11) is 0. The molecular formula is C28H40O7S. The summed E-state index contributed by atoms with van der Waals surface area (Å²) in [5, 5.41) is 12.2. The largest absolute Gasteiger partial charge is 0.463 e. The average molecular weight is 521 g/mol. The zero-order valence-electron chi connectivity index (χ0n) is 21.8. The van der Waals surface area contributed by atoms with Gasteiger partial charge in [-0.2, -0.15) is 0 Å². The van der Waals surface area contributed by atoms with Gasteiger partial charge in [0.1, 0.15) is 0 Å². The number of rotatable bonds is 8. The van der Waals surface area contributed by atoms with Crippen molar-refractivity contribution in [1.29, 1.82) is 0 Å². The van der Waals surface area contributed by atoms with E-state index >= 15 is 0 Å². The Kier molecular flexibility index (Phi) is 8.35. The lowest BCUT2D eigenvalue weighted by molar-refractivity contribution is -0.159. The summed E-state index contributed by atoms with van der Waals surface area (Å²) in [5.41, 5.74) is 0.152. The minimum atomic E-state index is -0.839. The zero-order chi connectivity index (χ0) is 26.1. The van der Waals surface area contributed by atoms with E-state index in [2.05, 4.69) is 6.92 Å². The lowest BCUT2D eigenvalue weighted by atomic mass is 9.50. The molecule has 0 saturated heterocycles. The molecule has 4 rings (SSSR count). The third-order valence-corrected chi connectivity index (χ3v) is 10.7. The third kappa shape index (κ3) is 5.31. The number of ketones is 1. The summed E-state index contributed by atoms with van der Waals surface area (Å²) in [4.78, 5) is 47.4. The second-order valence-electron chi connectivity index (χ2n) is 11.4. The van der Waals surface area contributed by atoms with E-state index in [1.54, 1.807) is 13.8 Å². The highest BCUT2D eigenvalue weighted by molar-refractivity contribution is 8.14. The normalized spacial score (nSPS) is 37.3. The van der Waals surface area contributed by atoms with Crippen LogP contribution in [0.3, 0.4) is 0 Å². The SMILES string of the molecule is CCC(=O)OCC(=O)OCCC[C@]1(O)CC[C@H]2[C@H]3[C@H](CC[C@@]21C)[C@H]1CCC(=O)C=C1C[C@H]3SC(C)=O. The van der Waals surface area contributed by atoms with E-state index < -0.39 is 17.5 Å². The summed E-state index contributed by atoms with van der Waals surface area (Å²) in [6.07, 6.45) is 9.07. The Morgan fingerprint density at radius 3 is 2.64 bits per heavy atom. The Bertz CT molecular complexity index is 929. The lowest BCUT2D eigenvalue weighted by Crippen LogP contribution is -2.55. The molecule has 1 N–H and O–H groups in total. The van der Waals surface area contributed by atoms with Crippen molar-refractivity contribution in [2.24, 2.45) is 29.1 Å². The summed E-state index contributed by atoms with van der Waals surface area (Å²) in [6, 6.07) is 0. The molecule has 0 heterocycles. The highest BCUT2D eigenvalue weighted by atomic mass is 32.2. The van der Waals surface area contributed by atoms with Crippen LogP contribution in [0.5, 0.6) is 0 Å². The van der Waals surface area contributed by atoms with Crippen LogP contribution in [-0.2, 0) is 28.7 Å². The molecule has 0 amide bonds. The molecule has 0 unspecified atom stereocenters. The monoisotopic (exact) mass is 520 g/mol. The average Bonchev–Trinajstić information content (AvgIpc) is 3.10. The van der Waals surface area contributed by atoms with Crippen molar-refractivity contribution in [3.05, 3.63) is 11.6 Å². The molecule has 0 aromatic carbocycles. The molecule has 8 heteroatoms. The topological polar surface area (TPSA) is 107 Å². The first kappa shape index (κ1) is 27.4. The van der Waals surface area contributed by atoms with Crippen LogP contribution in [0.15, 0.2) is 11.6 Å². The molecule has 7 nitrogen and oxygen atoms in total. The van der Waals surface area contributed by atoms with Crippen LogP contribution in [0.2, 0.25) is 0 Å². The van der Waals surface area contributed by atoms with E-state index in [1.165, 1.54) is 17.3 Å². The number of thioether (sulfide) groups is 1. The van der Waals surface area contributed by atoms with Crippen molar-refractivity contribution >= 4 is 34.6 Å². The number of hydrogen-bond donors (Lipinski definition) is 1. The molecule has 36 heavy (non-hydrogen) atoms. The molecule has 3 fully saturated rings. The van der Waals surface area contributed by atoms with Gasteiger partial charge in [0.15, 0.2) is 17.5 Å². The van der Waals surface area contributed by atoms with Crippen LogP contribution in [-0.4, -0.2) is 52.0 Å². The number of aliphatic hydroxyl groups is 1. The first-order chi connectivity index (χ1) is 17.1.